The maximum Gasteiger partial charge on any atom is 0.229 e. The topological polar surface area (TPSA) is 105 Å². The number of hydrogen-bond acceptors (Lipinski definition) is 6. The first kappa shape index (κ1) is 26.2. The number of hydrogen-bond donors (Lipinski definition) is 1. The van der Waals surface area contributed by atoms with Gasteiger partial charge in [0.1, 0.15) is 21.6 Å². The summed E-state index contributed by atoms with van der Waals surface area (Å²) in [6.07, 6.45) is 5.35. The van der Waals surface area contributed by atoms with Crippen LogP contribution in [0.1, 0.15) is 18.9 Å². The third-order valence-corrected chi connectivity index (χ3v) is 6.53. The van der Waals surface area contributed by atoms with E-state index in [4.69, 9.17) is 9.47 Å². The van der Waals surface area contributed by atoms with Crippen molar-refractivity contribution in [3.05, 3.63) is 54.1 Å². The molecule has 0 spiro atoms. The van der Waals surface area contributed by atoms with Crippen LogP contribution in [0.25, 0.3) is 0 Å². The number of anilines is 1. The molecule has 0 aliphatic carbocycles. The van der Waals surface area contributed by atoms with Gasteiger partial charge in [-0.1, -0.05) is 12.1 Å². The predicted molar refractivity (Wildman–Crippen MR) is 127 cm³/mol. The van der Waals surface area contributed by atoms with Crippen molar-refractivity contribution >= 4 is 32.6 Å². The Hall–Kier alpha value is -2.07. The molecular formula is C23H31NO6S2. The van der Waals surface area contributed by atoms with Crippen LogP contribution in [0.15, 0.2) is 53.4 Å². The Morgan fingerprint density at radius 1 is 1.06 bits per heavy atom. The fourth-order valence-corrected chi connectivity index (χ4v) is 4.01. The number of rotatable bonds is 13. The highest BCUT2D eigenvalue weighted by Crippen LogP contribution is 2.19. The standard InChI is InChI=1S/C23H31NO6S2/c1-4-29-16-19(15-18-5-11-22(12-6-18)32(26,27)28)17-30-21-9-7-20(8-10-21)24-23(25)13-14-31(2)3/h5-12,19H,4,13-17H2,1-3H3,(H-,24,25,26,27,28). The molecule has 0 fully saturated rings. The van der Waals surface area contributed by atoms with Crippen molar-refractivity contribution in [1.82, 2.24) is 0 Å². The van der Waals surface area contributed by atoms with E-state index in [1.807, 2.05) is 31.2 Å². The maximum absolute atomic E-state index is 12.0. The van der Waals surface area contributed by atoms with E-state index in [9.17, 15) is 17.8 Å². The Balaban J connectivity index is 1.91. The molecule has 0 radical (unpaired) electrons. The van der Waals surface area contributed by atoms with E-state index in [2.05, 4.69) is 17.8 Å². The molecule has 32 heavy (non-hydrogen) atoms. The van der Waals surface area contributed by atoms with E-state index < -0.39 is 10.1 Å². The lowest BCUT2D eigenvalue weighted by atomic mass is 10.0. The lowest BCUT2D eigenvalue weighted by molar-refractivity contribution is -0.115. The number of benzene rings is 2. The van der Waals surface area contributed by atoms with Crippen molar-refractivity contribution in [2.45, 2.75) is 24.7 Å². The van der Waals surface area contributed by atoms with Crippen LogP contribution in [0.4, 0.5) is 5.69 Å². The van der Waals surface area contributed by atoms with Gasteiger partial charge in [0.05, 0.1) is 37.0 Å². The largest absolute Gasteiger partial charge is 0.744 e. The molecule has 0 heterocycles. The molecular weight excluding hydrogens is 450 g/mol. The molecule has 1 amide bonds. The molecule has 0 aromatic heterocycles. The minimum absolute atomic E-state index is 0.00689. The molecule has 2 aromatic carbocycles. The molecule has 2 rings (SSSR count). The van der Waals surface area contributed by atoms with Gasteiger partial charge < -0.3 is 19.3 Å². The normalized spacial score (nSPS) is 12.5. The minimum atomic E-state index is -4.45. The molecule has 1 N–H and O–H groups in total. The second-order valence-corrected chi connectivity index (χ2v) is 11.4. The van der Waals surface area contributed by atoms with Crippen LogP contribution in [0, 0.1) is 5.92 Å². The lowest BCUT2D eigenvalue weighted by Crippen LogP contribution is -2.21. The quantitative estimate of drug-likeness (QED) is 0.348. The van der Waals surface area contributed by atoms with Gasteiger partial charge in [-0.25, -0.2) is 8.42 Å². The Kier molecular flexibility index (Phi) is 10.5. The van der Waals surface area contributed by atoms with Crippen LogP contribution in [-0.2, 0) is 37.0 Å². The zero-order valence-electron chi connectivity index (χ0n) is 18.7. The zero-order valence-corrected chi connectivity index (χ0v) is 20.3. The van der Waals surface area contributed by atoms with Gasteiger partial charge in [0.15, 0.2) is 0 Å². The van der Waals surface area contributed by atoms with Crippen LogP contribution < -0.4 is 10.1 Å². The fraction of sp³-hybridized carbons (Fsp3) is 0.435. The van der Waals surface area contributed by atoms with E-state index in [-0.39, 0.29) is 27.6 Å². The van der Waals surface area contributed by atoms with Crippen molar-refractivity contribution in [1.29, 1.82) is 0 Å². The van der Waals surface area contributed by atoms with Gasteiger partial charge in [-0.3, -0.25) is 4.79 Å². The second-order valence-electron chi connectivity index (χ2n) is 7.65. The van der Waals surface area contributed by atoms with Gasteiger partial charge in [-0.15, -0.1) is 0 Å². The SMILES string of the molecule is CCOCC(COc1ccc(NC(=O)CC[S+](C)C)cc1)Cc1ccc(S(=O)(=O)[O-])cc1. The van der Waals surface area contributed by atoms with Gasteiger partial charge in [-0.2, -0.15) is 0 Å². The van der Waals surface area contributed by atoms with Gasteiger partial charge in [0.25, 0.3) is 0 Å². The van der Waals surface area contributed by atoms with Crippen LogP contribution in [0.5, 0.6) is 5.75 Å². The Morgan fingerprint density at radius 2 is 1.72 bits per heavy atom. The number of ether oxygens (including phenoxy) is 2. The summed E-state index contributed by atoms with van der Waals surface area (Å²) in [6, 6.07) is 13.2. The van der Waals surface area contributed by atoms with Crippen molar-refractivity contribution in [2.75, 3.05) is 43.4 Å². The highest BCUT2D eigenvalue weighted by atomic mass is 32.2. The average Bonchev–Trinajstić information content (AvgIpc) is 2.75. The summed E-state index contributed by atoms with van der Waals surface area (Å²) in [5, 5.41) is 2.89. The highest BCUT2D eigenvalue weighted by molar-refractivity contribution is 7.95. The molecule has 0 saturated carbocycles. The van der Waals surface area contributed by atoms with Crippen LogP contribution >= 0.6 is 0 Å². The molecule has 2 aromatic rings. The van der Waals surface area contributed by atoms with Crippen molar-refractivity contribution in [3.8, 4) is 5.75 Å². The maximum atomic E-state index is 12.0. The highest BCUT2D eigenvalue weighted by Gasteiger charge is 2.13. The predicted octanol–water partition coefficient (Wildman–Crippen LogP) is 3.07. The fourth-order valence-electron chi connectivity index (χ4n) is 2.94. The number of carbonyl (C=O) groups excluding carboxylic acids is 1. The summed E-state index contributed by atoms with van der Waals surface area (Å²) in [6.45, 7) is 3.39. The van der Waals surface area contributed by atoms with E-state index in [1.165, 1.54) is 12.1 Å². The summed E-state index contributed by atoms with van der Waals surface area (Å²) >= 11 is 0. The summed E-state index contributed by atoms with van der Waals surface area (Å²) in [4.78, 5) is 11.7. The monoisotopic (exact) mass is 481 g/mol. The number of amides is 1. The summed E-state index contributed by atoms with van der Waals surface area (Å²) in [7, 11) is -4.21. The van der Waals surface area contributed by atoms with E-state index in [0.717, 1.165) is 17.0 Å². The van der Waals surface area contributed by atoms with Crippen molar-refractivity contribution in [2.24, 2.45) is 5.92 Å². The molecule has 1 unspecified atom stereocenters. The van der Waals surface area contributed by atoms with E-state index >= 15 is 0 Å². The molecule has 1 atom stereocenters. The van der Waals surface area contributed by atoms with Crippen molar-refractivity contribution in [3.63, 3.8) is 0 Å². The van der Waals surface area contributed by atoms with Gasteiger partial charge in [-0.05, 0) is 66.2 Å². The molecule has 9 heteroatoms. The van der Waals surface area contributed by atoms with Gasteiger partial charge in [0, 0.05) is 18.2 Å². The number of nitrogens with one attached hydrogen (secondary N) is 1. The van der Waals surface area contributed by atoms with Crippen LogP contribution in [0.3, 0.4) is 0 Å². The summed E-state index contributed by atoms with van der Waals surface area (Å²) in [5.74, 6) is 1.61. The Bertz CT molecular complexity index is 943. The molecule has 7 nitrogen and oxygen atoms in total. The minimum Gasteiger partial charge on any atom is -0.744 e. The number of carbonyl (C=O) groups is 1. The smallest absolute Gasteiger partial charge is 0.229 e. The van der Waals surface area contributed by atoms with Crippen LogP contribution in [-0.4, -0.2) is 57.0 Å². The van der Waals surface area contributed by atoms with E-state index in [1.54, 1.807) is 12.1 Å². The first-order valence-corrected chi connectivity index (χ1v) is 14.0. The summed E-state index contributed by atoms with van der Waals surface area (Å²) in [5.41, 5.74) is 1.62. The molecule has 0 saturated heterocycles. The molecule has 176 valence electrons. The van der Waals surface area contributed by atoms with E-state index in [0.29, 0.717) is 38.4 Å². The molecule has 0 aliphatic heterocycles. The van der Waals surface area contributed by atoms with Gasteiger partial charge in [0.2, 0.25) is 5.91 Å². The van der Waals surface area contributed by atoms with Crippen molar-refractivity contribution < 1.29 is 27.2 Å². The Labute approximate surface area is 193 Å². The average molecular weight is 482 g/mol. The molecule has 0 aliphatic rings. The Morgan fingerprint density at radius 3 is 2.28 bits per heavy atom. The van der Waals surface area contributed by atoms with Gasteiger partial charge >= 0.3 is 0 Å². The first-order valence-electron chi connectivity index (χ1n) is 10.4. The third-order valence-electron chi connectivity index (χ3n) is 4.66. The second kappa shape index (κ2) is 12.8. The lowest BCUT2D eigenvalue weighted by Gasteiger charge is -2.18. The first-order chi connectivity index (χ1) is 15.2. The third kappa shape index (κ3) is 9.60. The summed E-state index contributed by atoms with van der Waals surface area (Å²) < 4.78 is 44.8. The molecule has 0 bridgehead atoms. The van der Waals surface area contributed by atoms with Crippen LogP contribution in [0.2, 0.25) is 0 Å². The zero-order chi connectivity index (χ0) is 23.6.